The van der Waals surface area contributed by atoms with Gasteiger partial charge < -0.3 is 9.97 Å². The van der Waals surface area contributed by atoms with E-state index in [0.717, 1.165) is 22.2 Å². The second-order valence-electron chi connectivity index (χ2n) is 3.04. The van der Waals surface area contributed by atoms with Crippen LogP contribution in [0.5, 0.6) is 0 Å². The molecule has 3 nitrogen and oxygen atoms in total. The fourth-order valence-electron chi connectivity index (χ4n) is 1.32. The van der Waals surface area contributed by atoms with E-state index in [2.05, 4.69) is 9.97 Å². The Hall–Kier alpha value is -1.51. The molecule has 0 aromatic carbocycles. The van der Waals surface area contributed by atoms with E-state index >= 15 is 0 Å². The highest BCUT2D eigenvalue weighted by molar-refractivity contribution is 5.78. The molecule has 0 amide bonds. The number of hydrogen-bond acceptors (Lipinski definition) is 1. The number of H-pyrrole nitrogens is 2. The molecule has 0 bridgehead atoms. The summed E-state index contributed by atoms with van der Waals surface area (Å²) in [7, 11) is 0. The number of aromatic amines is 2. The molecule has 3 heteroatoms. The second-order valence-corrected chi connectivity index (χ2v) is 3.04. The lowest BCUT2D eigenvalue weighted by atomic mass is 10.2. The van der Waals surface area contributed by atoms with Crippen LogP contribution >= 0.6 is 0 Å². The van der Waals surface area contributed by atoms with Gasteiger partial charge in [0.2, 0.25) is 0 Å². The van der Waals surface area contributed by atoms with Gasteiger partial charge in [0.1, 0.15) is 0 Å². The quantitative estimate of drug-likeness (QED) is 0.605. The molecular weight excluding hydrogens is 152 g/mol. The van der Waals surface area contributed by atoms with Crippen LogP contribution in [0.15, 0.2) is 17.1 Å². The number of aromatic nitrogens is 2. The summed E-state index contributed by atoms with van der Waals surface area (Å²) in [6.45, 7) is 3.76. The molecule has 2 aromatic rings. The molecule has 0 aliphatic carbocycles. The molecule has 0 aliphatic rings. The van der Waals surface area contributed by atoms with Crippen LogP contribution in [0.4, 0.5) is 0 Å². The normalized spacial score (nSPS) is 10.8. The van der Waals surface area contributed by atoms with Crippen molar-refractivity contribution in [3.8, 4) is 0 Å². The van der Waals surface area contributed by atoms with Gasteiger partial charge in [-0.15, -0.1) is 0 Å². The highest BCUT2D eigenvalue weighted by atomic mass is 16.1. The van der Waals surface area contributed by atoms with Crippen molar-refractivity contribution in [1.82, 2.24) is 9.97 Å². The summed E-state index contributed by atoms with van der Waals surface area (Å²) in [5.74, 6) is 0. The lowest BCUT2D eigenvalue weighted by molar-refractivity contribution is 1.23. The highest BCUT2D eigenvalue weighted by Crippen LogP contribution is 2.12. The first-order valence-electron chi connectivity index (χ1n) is 3.86. The highest BCUT2D eigenvalue weighted by Gasteiger charge is 2.01. The molecule has 0 saturated heterocycles. The molecule has 0 unspecified atom stereocenters. The van der Waals surface area contributed by atoms with Crippen LogP contribution in [0.3, 0.4) is 0 Å². The van der Waals surface area contributed by atoms with Crippen molar-refractivity contribution in [3.63, 3.8) is 0 Å². The number of pyridine rings is 1. The summed E-state index contributed by atoms with van der Waals surface area (Å²) in [5, 5.41) is 0. The molecule has 2 N–H and O–H groups in total. The first-order valence-corrected chi connectivity index (χ1v) is 3.86. The minimum absolute atomic E-state index is 0.00907. The van der Waals surface area contributed by atoms with Gasteiger partial charge in [-0.25, -0.2) is 0 Å². The van der Waals surface area contributed by atoms with Gasteiger partial charge >= 0.3 is 0 Å². The van der Waals surface area contributed by atoms with E-state index < -0.39 is 0 Å². The van der Waals surface area contributed by atoms with Crippen LogP contribution in [0.2, 0.25) is 0 Å². The zero-order valence-corrected chi connectivity index (χ0v) is 7.06. The first-order chi connectivity index (χ1) is 5.68. The first kappa shape index (κ1) is 7.16. The van der Waals surface area contributed by atoms with E-state index in [1.54, 1.807) is 6.92 Å². The number of aryl methyl sites for hydroxylation is 2. The van der Waals surface area contributed by atoms with E-state index in [0.29, 0.717) is 0 Å². The third-order valence-electron chi connectivity index (χ3n) is 2.07. The van der Waals surface area contributed by atoms with Crippen molar-refractivity contribution in [2.45, 2.75) is 13.8 Å². The van der Waals surface area contributed by atoms with E-state index in [1.165, 1.54) is 0 Å². The maximum atomic E-state index is 11.2. The summed E-state index contributed by atoms with van der Waals surface area (Å²) in [5.41, 5.74) is 3.70. The van der Waals surface area contributed by atoms with E-state index in [1.807, 2.05) is 19.2 Å². The average Bonchev–Trinajstić information content (AvgIpc) is 2.35. The van der Waals surface area contributed by atoms with Crippen molar-refractivity contribution in [2.75, 3.05) is 0 Å². The van der Waals surface area contributed by atoms with E-state index in [4.69, 9.17) is 0 Å². The Morgan fingerprint density at radius 3 is 2.75 bits per heavy atom. The van der Waals surface area contributed by atoms with Gasteiger partial charge in [-0.2, -0.15) is 0 Å². The topological polar surface area (TPSA) is 48.6 Å². The maximum absolute atomic E-state index is 11.2. The standard InChI is InChI=1S/C9H10N2O/c1-5-3-7-8(11-9(5)12)6(2)4-10-7/h3-4,10H,1-2H3,(H,11,12). The van der Waals surface area contributed by atoms with Crippen molar-refractivity contribution >= 4 is 11.0 Å². The number of fused-ring (bicyclic) bond motifs is 1. The van der Waals surface area contributed by atoms with Gasteiger partial charge in [0.25, 0.3) is 5.56 Å². The van der Waals surface area contributed by atoms with Gasteiger partial charge in [-0.05, 0) is 25.5 Å². The number of hydrogen-bond donors (Lipinski definition) is 2. The average molecular weight is 162 g/mol. The third kappa shape index (κ3) is 0.863. The summed E-state index contributed by atoms with van der Waals surface area (Å²) in [4.78, 5) is 17.1. The van der Waals surface area contributed by atoms with Crippen molar-refractivity contribution in [2.24, 2.45) is 0 Å². The zero-order valence-electron chi connectivity index (χ0n) is 7.06. The maximum Gasteiger partial charge on any atom is 0.251 e. The Morgan fingerprint density at radius 2 is 2.00 bits per heavy atom. The zero-order chi connectivity index (χ0) is 8.72. The molecule has 0 atom stereocenters. The Bertz CT molecular complexity index is 479. The molecule has 0 spiro atoms. The van der Waals surface area contributed by atoms with Crippen LogP contribution in [0.25, 0.3) is 11.0 Å². The summed E-state index contributed by atoms with van der Waals surface area (Å²) in [6.07, 6.45) is 1.89. The molecule has 2 rings (SSSR count). The molecule has 0 aliphatic heterocycles. The molecular formula is C9H10N2O. The predicted octanol–water partition coefficient (Wildman–Crippen LogP) is 1.47. The number of nitrogens with one attached hydrogen (secondary N) is 2. The Morgan fingerprint density at radius 1 is 1.25 bits per heavy atom. The second kappa shape index (κ2) is 2.24. The minimum Gasteiger partial charge on any atom is -0.360 e. The van der Waals surface area contributed by atoms with Gasteiger partial charge in [-0.3, -0.25) is 4.79 Å². The van der Waals surface area contributed by atoms with Crippen LogP contribution in [0, 0.1) is 13.8 Å². The fourth-order valence-corrected chi connectivity index (χ4v) is 1.32. The van der Waals surface area contributed by atoms with Crippen molar-refractivity contribution in [3.05, 3.63) is 33.7 Å². The van der Waals surface area contributed by atoms with Crippen LogP contribution in [-0.2, 0) is 0 Å². The lowest BCUT2D eigenvalue weighted by Crippen LogP contribution is -2.08. The summed E-state index contributed by atoms with van der Waals surface area (Å²) < 4.78 is 0. The molecule has 2 aromatic heterocycles. The minimum atomic E-state index is -0.00907. The van der Waals surface area contributed by atoms with Crippen LogP contribution in [0.1, 0.15) is 11.1 Å². The summed E-state index contributed by atoms with van der Waals surface area (Å²) >= 11 is 0. The van der Waals surface area contributed by atoms with E-state index in [-0.39, 0.29) is 5.56 Å². The Kier molecular flexibility index (Phi) is 1.33. The van der Waals surface area contributed by atoms with Gasteiger partial charge in [-0.1, -0.05) is 0 Å². The molecule has 0 fully saturated rings. The lowest BCUT2D eigenvalue weighted by Gasteiger charge is -1.93. The molecule has 0 saturated carbocycles. The van der Waals surface area contributed by atoms with Crippen molar-refractivity contribution in [1.29, 1.82) is 0 Å². The largest absolute Gasteiger partial charge is 0.360 e. The van der Waals surface area contributed by atoms with Gasteiger partial charge in [0.15, 0.2) is 0 Å². The SMILES string of the molecule is Cc1cc2[nH]cc(C)c2[nH]c1=O. The smallest absolute Gasteiger partial charge is 0.251 e. The fraction of sp³-hybridized carbons (Fsp3) is 0.222. The molecule has 2 heterocycles. The Labute approximate surface area is 69.4 Å². The van der Waals surface area contributed by atoms with Crippen LogP contribution < -0.4 is 5.56 Å². The number of rotatable bonds is 0. The Balaban J connectivity index is 2.97. The van der Waals surface area contributed by atoms with Crippen LogP contribution in [-0.4, -0.2) is 9.97 Å². The predicted molar refractivity (Wildman–Crippen MR) is 48.4 cm³/mol. The van der Waals surface area contributed by atoms with Crippen molar-refractivity contribution < 1.29 is 0 Å². The monoisotopic (exact) mass is 162 g/mol. The molecule has 0 radical (unpaired) electrons. The third-order valence-corrected chi connectivity index (χ3v) is 2.07. The summed E-state index contributed by atoms with van der Waals surface area (Å²) in [6, 6.07) is 1.86. The van der Waals surface area contributed by atoms with E-state index in [9.17, 15) is 4.79 Å². The van der Waals surface area contributed by atoms with Gasteiger partial charge in [0.05, 0.1) is 11.0 Å². The molecule has 62 valence electrons. The molecule has 12 heavy (non-hydrogen) atoms. The van der Waals surface area contributed by atoms with Gasteiger partial charge in [0, 0.05) is 11.8 Å².